The van der Waals surface area contributed by atoms with Gasteiger partial charge in [0.05, 0.1) is 17.1 Å². The number of nitrogens with zero attached hydrogens (tertiary/aromatic N) is 5. The zero-order valence-corrected chi connectivity index (χ0v) is 21.6. The van der Waals surface area contributed by atoms with Crippen LogP contribution in [-0.2, 0) is 11.8 Å². The minimum absolute atomic E-state index is 0.0872. The van der Waals surface area contributed by atoms with Gasteiger partial charge in [-0.05, 0) is 30.9 Å². The van der Waals surface area contributed by atoms with Gasteiger partial charge in [-0.25, -0.2) is 15.0 Å². The minimum atomic E-state index is 0.0872. The summed E-state index contributed by atoms with van der Waals surface area (Å²) >= 11 is 1.66. The largest absolute Gasteiger partial charge is 0.367 e. The van der Waals surface area contributed by atoms with Crippen LogP contribution in [-0.4, -0.2) is 42.0 Å². The molecular formula is C29H25N7OS. The number of imidazole rings is 1. The second kappa shape index (κ2) is 9.18. The van der Waals surface area contributed by atoms with Gasteiger partial charge in [0.2, 0.25) is 0 Å². The second-order valence-electron chi connectivity index (χ2n) is 9.80. The zero-order valence-electron chi connectivity index (χ0n) is 20.8. The topological polar surface area (TPSA) is 101 Å². The van der Waals surface area contributed by atoms with E-state index in [4.69, 9.17) is 9.97 Å². The van der Waals surface area contributed by atoms with Crippen molar-refractivity contribution in [3.63, 3.8) is 0 Å². The molecule has 4 heterocycles. The van der Waals surface area contributed by atoms with E-state index >= 15 is 0 Å². The average molecular weight is 520 g/mol. The number of aryl methyl sites for hydroxylation is 1. The molecule has 2 atom stereocenters. The summed E-state index contributed by atoms with van der Waals surface area (Å²) in [7, 11) is 1.95. The van der Waals surface area contributed by atoms with Crippen molar-refractivity contribution in [1.82, 2.24) is 29.7 Å². The number of aromatic amines is 1. The SMILES string of the molecule is Cn1ccnc1-c1nc(NC2CCC(C=O)C2)c2c(-c3ccccc3)c(-c3cccc4[nH]ncc34)sc2n1. The number of nitrogens with one attached hydrogen (secondary N) is 2. The van der Waals surface area contributed by atoms with Gasteiger partial charge in [0.25, 0.3) is 0 Å². The maximum Gasteiger partial charge on any atom is 0.199 e. The van der Waals surface area contributed by atoms with E-state index in [1.807, 2.05) is 36.1 Å². The van der Waals surface area contributed by atoms with E-state index in [2.05, 4.69) is 56.9 Å². The summed E-state index contributed by atoms with van der Waals surface area (Å²) in [6.45, 7) is 0. The molecule has 2 N–H and O–H groups in total. The molecule has 0 aliphatic heterocycles. The predicted molar refractivity (Wildman–Crippen MR) is 151 cm³/mol. The molecule has 1 saturated carbocycles. The van der Waals surface area contributed by atoms with Crippen molar-refractivity contribution in [3.05, 3.63) is 67.1 Å². The van der Waals surface area contributed by atoms with Gasteiger partial charge in [-0.15, -0.1) is 11.3 Å². The van der Waals surface area contributed by atoms with Gasteiger partial charge in [-0.3, -0.25) is 5.10 Å². The summed E-state index contributed by atoms with van der Waals surface area (Å²) in [5.74, 6) is 2.15. The normalized spacial score (nSPS) is 17.4. The van der Waals surface area contributed by atoms with Crippen LogP contribution in [0.2, 0.25) is 0 Å². The van der Waals surface area contributed by atoms with Gasteiger partial charge in [-0.1, -0.05) is 42.5 Å². The molecule has 1 fully saturated rings. The van der Waals surface area contributed by atoms with Crippen LogP contribution < -0.4 is 5.32 Å². The Bertz CT molecular complexity index is 1790. The van der Waals surface area contributed by atoms with Crippen molar-refractivity contribution in [2.75, 3.05) is 5.32 Å². The first-order chi connectivity index (χ1) is 18.7. The molecule has 1 aliphatic carbocycles. The van der Waals surface area contributed by atoms with Gasteiger partial charge < -0.3 is 14.7 Å². The van der Waals surface area contributed by atoms with E-state index in [1.54, 1.807) is 17.5 Å². The number of carbonyl (C=O) groups excluding carboxylic acids is 1. The Labute approximate surface area is 222 Å². The summed E-state index contributed by atoms with van der Waals surface area (Å²) in [6, 6.07) is 16.8. The minimum Gasteiger partial charge on any atom is -0.367 e. The Morgan fingerprint density at radius 3 is 2.79 bits per heavy atom. The number of thiophene rings is 1. The van der Waals surface area contributed by atoms with Gasteiger partial charge in [0.15, 0.2) is 11.6 Å². The van der Waals surface area contributed by atoms with Crippen molar-refractivity contribution in [1.29, 1.82) is 0 Å². The van der Waals surface area contributed by atoms with Gasteiger partial charge in [0, 0.05) is 52.8 Å². The predicted octanol–water partition coefficient (Wildman–Crippen LogP) is 6.08. The number of hydrogen-bond donors (Lipinski definition) is 2. The van der Waals surface area contributed by atoms with Crippen LogP contribution in [0, 0.1) is 5.92 Å². The highest BCUT2D eigenvalue weighted by molar-refractivity contribution is 7.22. The monoisotopic (exact) mass is 519 g/mol. The molecule has 1 aliphatic rings. The van der Waals surface area contributed by atoms with E-state index in [0.29, 0.717) is 11.6 Å². The summed E-state index contributed by atoms with van der Waals surface area (Å²) in [4.78, 5) is 28.1. The quantitative estimate of drug-likeness (QED) is 0.259. The van der Waals surface area contributed by atoms with Gasteiger partial charge in [0.1, 0.15) is 16.9 Å². The number of carbonyl (C=O) groups is 1. The fraction of sp³-hybridized carbons (Fsp3) is 0.207. The number of aldehydes is 1. The lowest BCUT2D eigenvalue weighted by Crippen LogP contribution is -2.17. The molecule has 8 nitrogen and oxygen atoms in total. The van der Waals surface area contributed by atoms with Crippen molar-refractivity contribution < 1.29 is 4.79 Å². The number of H-pyrrole nitrogens is 1. The molecular weight excluding hydrogens is 494 g/mol. The van der Waals surface area contributed by atoms with E-state index < -0.39 is 0 Å². The highest BCUT2D eigenvalue weighted by Gasteiger charge is 2.28. The lowest BCUT2D eigenvalue weighted by Gasteiger charge is -2.16. The lowest BCUT2D eigenvalue weighted by molar-refractivity contribution is -0.110. The standard InChI is InChI=1S/C29H25N7OS/c1-36-13-12-30-28(36)27-33-26(32-19-11-10-17(14-19)16-37)24-23(18-6-3-2-4-7-18)25(38-29(24)34-27)20-8-5-9-22-21(20)15-31-35-22/h2-9,12-13,15-17,19H,10-11,14H2,1H3,(H,31,35)(H,32,33,34). The van der Waals surface area contributed by atoms with Gasteiger partial charge >= 0.3 is 0 Å². The van der Waals surface area contributed by atoms with Crippen LogP contribution in [0.4, 0.5) is 5.82 Å². The van der Waals surface area contributed by atoms with Crippen LogP contribution in [0.5, 0.6) is 0 Å². The number of fused-ring (bicyclic) bond motifs is 2. The van der Waals surface area contributed by atoms with Crippen LogP contribution in [0.1, 0.15) is 19.3 Å². The van der Waals surface area contributed by atoms with Crippen LogP contribution >= 0.6 is 11.3 Å². The van der Waals surface area contributed by atoms with Crippen molar-refractivity contribution in [2.24, 2.45) is 13.0 Å². The molecule has 6 aromatic rings. The molecule has 0 saturated heterocycles. The number of anilines is 1. The maximum absolute atomic E-state index is 11.5. The molecule has 0 radical (unpaired) electrons. The van der Waals surface area contributed by atoms with Crippen LogP contribution in [0.25, 0.3) is 54.3 Å². The number of benzene rings is 2. The summed E-state index contributed by atoms with van der Waals surface area (Å²) in [6.07, 6.45) is 9.25. The summed E-state index contributed by atoms with van der Waals surface area (Å²) in [5.41, 5.74) is 4.29. The number of rotatable bonds is 6. The van der Waals surface area contributed by atoms with E-state index in [9.17, 15) is 4.79 Å². The fourth-order valence-corrected chi connectivity index (χ4v) is 6.72. The molecule has 9 heteroatoms. The molecule has 0 bridgehead atoms. The number of hydrogen-bond acceptors (Lipinski definition) is 7. The Balaban J connectivity index is 1.52. The smallest absolute Gasteiger partial charge is 0.199 e. The first-order valence-corrected chi connectivity index (χ1v) is 13.5. The van der Waals surface area contributed by atoms with E-state index in [1.165, 1.54) is 0 Å². The third kappa shape index (κ3) is 3.78. The highest BCUT2D eigenvalue weighted by atomic mass is 32.1. The van der Waals surface area contributed by atoms with E-state index in [0.717, 1.165) is 74.1 Å². The average Bonchev–Trinajstić information content (AvgIpc) is 3.74. The molecule has 4 aromatic heterocycles. The first kappa shape index (κ1) is 22.8. The van der Waals surface area contributed by atoms with E-state index in [-0.39, 0.29) is 12.0 Å². The molecule has 2 aromatic carbocycles. The van der Waals surface area contributed by atoms with Gasteiger partial charge in [-0.2, -0.15) is 5.10 Å². The van der Waals surface area contributed by atoms with Crippen LogP contribution in [0.15, 0.2) is 67.1 Å². The fourth-order valence-electron chi connectivity index (χ4n) is 5.49. The number of aromatic nitrogens is 6. The molecule has 0 amide bonds. The third-order valence-electron chi connectivity index (χ3n) is 7.37. The summed E-state index contributed by atoms with van der Waals surface area (Å²) in [5, 5.41) is 13.2. The highest BCUT2D eigenvalue weighted by Crippen LogP contribution is 2.48. The Hall–Kier alpha value is -4.37. The molecule has 188 valence electrons. The molecule has 7 rings (SSSR count). The second-order valence-corrected chi connectivity index (χ2v) is 10.8. The molecule has 38 heavy (non-hydrogen) atoms. The zero-order chi connectivity index (χ0) is 25.6. The third-order valence-corrected chi connectivity index (χ3v) is 8.49. The van der Waals surface area contributed by atoms with Crippen molar-refractivity contribution in [2.45, 2.75) is 25.3 Å². The maximum atomic E-state index is 11.5. The Morgan fingerprint density at radius 2 is 2.00 bits per heavy atom. The summed E-state index contributed by atoms with van der Waals surface area (Å²) < 4.78 is 1.93. The molecule has 2 unspecified atom stereocenters. The lowest BCUT2D eigenvalue weighted by atomic mass is 9.98. The Morgan fingerprint density at radius 1 is 1.11 bits per heavy atom. The van der Waals surface area contributed by atoms with Crippen LogP contribution in [0.3, 0.4) is 0 Å². The molecule has 0 spiro atoms. The van der Waals surface area contributed by atoms with Crippen molar-refractivity contribution >= 4 is 44.6 Å². The first-order valence-electron chi connectivity index (χ1n) is 12.7. The Kier molecular flexibility index (Phi) is 5.51. The van der Waals surface area contributed by atoms with Crippen molar-refractivity contribution in [3.8, 4) is 33.2 Å².